The minimum Gasteiger partial charge on any atom is -0.627 e. The van der Waals surface area contributed by atoms with Gasteiger partial charge in [0, 0.05) is 6.07 Å². The Bertz CT molecular complexity index is 423. The molecule has 0 amide bonds. The van der Waals surface area contributed by atoms with Crippen molar-refractivity contribution in [2.45, 2.75) is 13.0 Å². The molecular formula is C9H11NO7P-. The molecule has 1 unspecified atom stereocenters. The van der Waals surface area contributed by atoms with Crippen molar-refractivity contribution < 1.29 is 28.9 Å². The number of hydrogen-bond acceptors (Lipinski definition) is 7. The van der Waals surface area contributed by atoms with Crippen LogP contribution in [0.2, 0.25) is 0 Å². The van der Waals surface area contributed by atoms with E-state index in [1.807, 2.05) is 0 Å². The van der Waals surface area contributed by atoms with E-state index >= 15 is 0 Å². The van der Waals surface area contributed by atoms with Gasteiger partial charge in [-0.05, 0) is 13.0 Å². The second-order valence-electron chi connectivity index (χ2n) is 3.44. The van der Waals surface area contributed by atoms with Crippen molar-refractivity contribution in [2.24, 2.45) is 0 Å². The lowest BCUT2D eigenvalue weighted by Crippen LogP contribution is -2.31. The van der Waals surface area contributed by atoms with Crippen LogP contribution in [0.1, 0.15) is 6.92 Å². The maximum atomic E-state index is 11.3. The highest BCUT2D eigenvalue weighted by molar-refractivity contribution is 7.51. The number of hydrogen-bond donors (Lipinski definition) is 1. The second-order valence-corrected chi connectivity index (χ2v) is 4.77. The van der Waals surface area contributed by atoms with E-state index in [4.69, 9.17) is 5.11 Å². The van der Waals surface area contributed by atoms with Gasteiger partial charge in [-0.3, -0.25) is 10.1 Å². The summed E-state index contributed by atoms with van der Waals surface area (Å²) < 4.78 is 8.86. The molecule has 9 heteroatoms. The molecule has 0 bridgehead atoms. The van der Waals surface area contributed by atoms with Crippen molar-refractivity contribution in [3.8, 4) is 5.75 Å². The third kappa shape index (κ3) is 4.91. The van der Waals surface area contributed by atoms with Crippen LogP contribution < -0.4 is 14.3 Å². The lowest BCUT2D eigenvalue weighted by Gasteiger charge is -2.30. The van der Waals surface area contributed by atoms with E-state index in [9.17, 15) is 19.9 Å². The van der Waals surface area contributed by atoms with Gasteiger partial charge in [0.1, 0.15) is 6.61 Å². The summed E-state index contributed by atoms with van der Waals surface area (Å²) >= 11 is 0. The third-order valence-electron chi connectivity index (χ3n) is 1.72. The molecule has 0 aromatic heterocycles. The Balaban J connectivity index is 2.71. The number of phosphoric ester groups is 1. The Morgan fingerprint density at radius 1 is 1.50 bits per heavy atom. The highest BCUT2D eigenvalue weighted by Crippen LogP contribution is 2.43. The molecule has 18 heavy (non-hydrogen) atoms. The molecule has 0 radical (unpaired) electrons. The maximum Gasteiger partial charge on any atom is 0.273 e. The summed E-state index contributed by atoms with van der Waals surface area (Å²) in [5, 5.41) is 19.3. The number of phosphoric acid groups is 1. The van der Waals surface area contributed by atoms with Crippen LogP contribution in [0.15, 0.2) is 24.3 Å². The summed E-state index contributed by atoms with van der Waals surface area (Å²) in [6.07, 6.45) is -0.971. The van der Waals surface area contributed by atoms with Crippen molar-refractivity contribution >= 4 is 13.9 Å². The summed E-state index contributed by atoms with van der Waals surface area (Å²) in [7, 11) is -4.65. The smallest absolute Gasteiger partial charge is 0.273 e. The Morgan fingerprint density at radius 3 is 2.72 bits per heavy atom. The minimum absolute atomic E-state index is 0.229. The highest BCUT2D eigenvalue weighted by Gasteiger charge is 2.20. The molecule has 100 valence electrons. The first-order valence-corrected chi connectivity index (χ1v) is 6.34. The quantitative estimate of drug-likeness (QED) is 0.431. The number of benzene rings is 1. The average molecular weight is 276 g/mol. The fourth-order valence-corrected chi connectivity index (χ4v) is 1.83. The molecular weight excluding hydrogens is 265 g/mol. The van der Waals surface area contributed by atoms with Gasteiger partial charge in [0.25, 0.3) is 5.69 Å². The zero-order valence-electron chi connectivity index (χ0n) is 9.38. The topological polar surface area (TPSA) is 128 Å². The molecule has 0 spiro atoms. The van der Waals surface area contributed by atoms with Gasteiger partial charge in [-0.25, -0.2) is 4.52 Å². The van der Waals surface area contributed by atoms with E-state index in [0.717, 1.165) is 6.07 Å². The summed E-state index contributed by atoms with van der Waals surface area (Å²) in [5.41, 5.74) is -0.303. The summed E-state index contributed by atoms with van der Waals surface area (Å²) in [4.78, 5) is 32.4. The fraction of sp³-hybridized carbons (Fsp3) is 0.333. The predicted octanol–water partition coefficient (Wildman–Crippen LogP) is -0.231. The molecule has 1 rings (SSSR count). The van der Waals surface area contributed by atoms with E-state index in [1.54, 1.807) is 0 Å². The molecule has 1 aromatic rings. The Labute approximate surface area is 103 Å². The minimum atomic E-state index is -4.65. The summed E-state index contributed by atoms with van der Waals surface area (Å²) in [5.74, 6) is -0.229. The van der Waals surface area contributed by atoms with Gasteiger partial charge in [-0.15, -0.1) is 0 Å². The molecule has 0 heterocycles. The molecule has 1 N–H and O–H groups in total. The van der Waals surface area contributed by atoms with Crippen LogP contribution in [-0.2, 0) is 4.52 Å². The van der Waals surface area contributed by atoms with Crippen molar-refractivity contribution in [3.05, 3.63) is 34.4 Å². The lowest BCUT2D eigenvalue weighted by molar-refractivity contribution is -0.385. The van der Waals surface area contributed by atoms with Crippen LogP contribution in [0.25, 0.3) is 0 Å². The van der Waals surface area contributed by atoms with E-state index < -0.39 is 25.8 Å². The average Bonchev–Trinajstić information content (AvgIpc) is 2.26. The van der Waals surface area contributed by atoms with Gasteiger partial charge in [0.2, 0.25) is 8.17 Å². The largest absolute Gasteiger partial charge is 0.627 e. The van der Waals surface area contributed by atoms with Crippen LogP contribution in [0.4, 0.5) is 5.69 Å². The Morgan fingerprint density at radius 2 is 2.17 bits per heavy atom. The van der Waals surface area contributed by atoms with Gasteiger partial charge < -0.3 is 19.4 Å². The lowest BCUT2D eigenvalue weighted by atomic mass is 10.3. The summed E-state index contributed by atoms with van der Waals surface area (Å²) in [6, 6.07) is 4.67. The van der Waals surface area contributed by atoms with Crippen molar-refractivity contribution in [2.75, 3.05) is 6.61 Å². The van der Waals surface area contributed by atoms with Gasteiger partial charge in [0.15, 0.2) is 5.75 Å². The second kappa shape index (κ2) is 6.03. The van der Waals surface area contributed by atoms with Gasteiger partial charge in [-0.1, -0.05) is 6.07 Å². The van der Waals surface area contributed by atoms with Crippen LogP contribution >= 0.6 is 8.17 Å². The number of rotatable bonds is 6. The molecule has 0 aliphatic carbocycles. The number of aliphatic hydroxyl groups excluding tert-OH is 1. The SMILES string of the molecule is CC(O)CO[P+]([O-])([O-])Oc1cccc([N+](=O)[O-])c1. The van der Waals surface area contributed by atoms with E-state index in [1.165, 1.54) is 25.1 Å². The van der Waals surface area contributed by atoms with Gasteiger partial charge >= 0.3 is 0 Å². The van der Waals surface area contributed by atoms with Crippen LogP contribution in [0.3, 0.4) is 0 Å². The first-order valence-electron chi connectivity index (χ1n) is 4.88. The molecule has 0 aliphatic rings. The molecule has 8 nitrogen and oxygen atoms in total. The zero-order chi connectivity index (χ0) is 13.8. The monoisotopic (exact) mass is 276 g/mol. The number of aliphatic hydroxyl groups is 1. The number of nitrogens with zero attached hydrogens (tertiary/aromatic N) is 1. The molecule has 1 aromatic carbocycles. The maximum absolute atomic E-state index is 11.3. The Kier molecular flexibility index (Phi) is 4.94. The Hall–Kier alpha value is -1.31. The van der Waals surface area contributed by atoms with Crippen LogP contribution in [0, 0.1) is 10.1 Å². The van der Waals surface area contributed by atoms with Crippen LogP contribution in [-0.4, -0.2) is 22.7 Å². The molecule has 0 aliphatic heterocycles. The predicted molar refractivity (Wildman–Crippen MR) is 58.3 cm³/mol. The summed E-state index contributed by atoms with van der Waals surface area (Å²) in [6.45, 7) is 0.892. The van der Waals surface area contributed by atoms with Crippen LogP contribution in [0.5, 0.6) is 5.75 Å². The number of non-ortho nitro benzene ring substituents is 1. The standard InChI is InChI=1S/C9H12NO7P/c1-7(11)6-16-18(14,15)17-9-4-2-3-8(5-9)10(12)13/h2-5,7,11H,6H2,1H3,(H,14,15)/p-1. The third-order valence-corrected chi connectivity index (χ3v) is 2.62. The number of nitro groups is 1. The first kappa shape index (κ1) is 14.7. The molecule has 0 fully saturated rings. The molecule has 1 atom stereocenters. The van der Waals surface area contributed by atoms with E-state index in [0.29, 0.717) is 0 Å². The molecule has 0 saturated heterocycles. The first-order chi connectivity index (χ1) is 8.30. The van der Waals surface area contributed by atoms with Gasteiger partial charge in [-0.2, -0.15) is 0 Å². The van der Waals surface area contributed by atoms with Gasteiger partial charge in [0.05, 0.1) is 17.1 Å². The highest BCUT2D eigenvalue weighted by atomic mass is 31.2. The van der Waals surface area contributed by atoms with Crippen molar-refractivity contribution in [3.63, 3.8) is 0 Å². The normalized spacial score (nSPS) is 13.1. The fourth-order valence-electron chi connectivity index (χ4n) is 1.01. The zero-order valence-corrected chi connectivity index (χ0v) is 10.3. The molecule has 0 saturated carbocycles. The van der Waals surface area contributed by atoms with E-state index in [-0.39, 0.29) is 11.4 Å². The number of nitro benzene ring substituents is 1. The van der Waals surface area contributed by atoms with E-state index in [2.05, 4.69) is 9.05 Å². The van der Waals surface area contributed by atoms with Crippen molar-refractivity contribution in [1.82, 2.24) is 0 Å². The van der Waals surface area contributed by atoms with Crippen molar-refractivity contribution in [1.29, 1.82) is 0 Å².